The van der Waals surface area contributed by atoms with Gasteiger partial charge in [-0.3, -0.25) is 0 Å². The summed E-state index contributed by atoms with van der Waals surface area (Å²) in [5, 5.41) is 9.18. The Labute approximate surface area is 183 Å². The molecule has 1 aromatic heterocycles. The van der Waals surface area contributed by atoms with Crippen LogP contribution < -0.4 is 19.9 Å². The van der Waals surface area contributed by atoms with Crippen molar-refractivity contribution in [3.8, 4) is 34.4 Å². The van der Waals surface area contributed by atoms with E-state index in [1.54, 1.807) is 12.1 Å². The van der Waals surface area contributed by atoms with Crippen LogP contribution in [0, 0.1) is 11.6 Å². The van der Waals surface area contributed by atoms with Gasteiger partial charge in [-0.05, 0) is 48.7 Å². The Balaban J connectivity index is 1.99. The Kier molecular flexibility index (Phi) is 6.59. The van der Waals surface area contributed by atoms with Crippen LogP contribution in [-0.2, 0) is 11.3 Å². The van der Waals surface area contributed by atoms with Gasteiger partial charge >= 0.3 is 5.97 Å². The first kappa shape index (κ1) is 23.0. The van der Waals surface area contributed by atoms with Crippen molar-refractivity contribution in [3.63, 3.8) is 0 Å². The highest BCUT2D eigenvalue weighted by Crippen LogP contribution is 2.34. The van der Waals surface area contributed by atoms with Crippen LogP contribution in [0.4, 0.5) is 8.78 Å². The van der Waals surface area contributed by atoms with E-state index in [1.807, 2.05) is 24.3 Å². The van der Waals surface area contributed by atoms with Gasteiger partial charge in [0.2, 0.25) is 5.60 Å². The number of halogens is 2. The number of nitrogens with zero attached hydrogens (tertiary/aromatic N) is 1. The van der Waals surface area contributed by atoms with E-state index in [2.05, 4.69) is 4.98 Å². The number of carboxylic acids is 1. The van der Waals surface area contributed by atoms with Gasteiger partial charge in [0.1, 0.15) is 11.5 Å². The molecule has 0 fully saturated rings. The summed E-state index contributed by atoms with van der Waals surface area (Å²) in [6.07, 6.45) is 0. The molecule has 2 aromatic carbocycles. The van der Waals surface area contributed by atoms with E-state index in [1.165, 1.54) is 27.0 Å². The first-order chi connectivity index (χ1) is 15.1. The van der Waals surface area contributed by atoms with Gasteiger partial charge in [0.25, 0.3) is 11.8 Å². The Morgan fingerprint density at radius 2 is 1.72 bits per heavy atom. The van der Waals surface area contributed by atoms with Gasteiger partial charge in [-0.15, -0.1) is 0 Å². The number of aromatic nitrogens is 1. The summed E-state index contributed by atoms with van der Waals surface area (Å²) in [6, 6.07) is 12.9. The van der Waals surface area contributed by atoms with Crippen molar-refractivity contribution in [2.45, 2.75) is 26.0 Å². The molecule has 1 heterocycles. The molecule has 0 unspecified atom stereocenters. The zero-order valence-corrected chi connectivity index (χ0v) is 17.7. The van der Waals surface area contributed by atoms with Gasteiger partial charge in [-0.1, -0.05) is 18.2 Å². The first-order valence-electron chi connectivity index (χ1n) is 9.57. The van der Waals surface area contributed by atoms with Gasteiger partial charge in [0, 0.05) is 18.7 Å². The first-order valence-corrected chi connectivity index (χ1v) is 9.57. The molecule has 0 aliphatic rings. The number of aliphatic carboxylic acids is 1. The van der Waals surface area contributed by atoms with Gasteiger partial charge in [0.05, 0.1) is 7.11 Å². The van der Waals surface area contributed by atoms with Crippen molar-refractivity contribution in [2.24, 2.45) is 5.73 Å². The molecule has 0 radical (unpaired) electrons. The summed E-state index contributed by atoms with van der Waals surface area (Å²) in [6.45, 7) is 2.79. The number of pyridine rings is 1. The van der Waals surface area contributed by atoms with Crippen molar-refractivity contribution in [1.29, 1.82) is 0 Å². The normalized spacial score (nSPS) is 11.2. The number of hydrogen-bond acceptors (Lipinski definition) is 6. The third kappa shape index (κ3) is 5.12. The molecule has 0 atom stereocenters. The van der Waals surface area contributed by atoms with Crippen LogP contribution in [0.25, 0.3) is 11.1 Å². The lowest BCUT2D eigenvalue weighted by molar-refractivity contribution is -0.152. The summed E-state index contributed by atoms with van der Waals surface area (Å²) < 4.78 is 44.5. The van der Waals surface area contributed by atoms with Gasteiger partial charge < -0.3 is 25.1 Å². The third-order valence-corrected chi connectivity index (χ3v) is 4.56. The van der Waals surface area contributed by atoms with Crippen LogP contribution in [0.2, 0.25) is 0 Å². The molecule has 0 bridgehead atoms. The second-order valence-electron chi connectivity index (χ2n) is 7.38. The highest BCUT2D eigenvalue weighted by molar-refractivity contribution is 5.76. The number of ether oxygens (including phenoxy) is 3. The van der Waals surface area contributed by atoms with Crippen LogP contribution in [0.3, 0.4) is 0 Å². The zero-order valence-electron chi connectivity index (χ0n) is 17.7. The molecule has 7 nitrogen and oxygen atoms in total. The lowest BCUT2D eigenvalue weighted by atomic mass is 10.0. The largest absolute Gasteiger partial charge is 0.497 e. The monoisotopic (exact) mass is 444 g/mol. The van der Waals surface area contributed by atoms with Crippen LogP contribution in [0.5, 0.6) is 23.3 Å². The summed E-state index contributed by atoms with van der Waals surface area (Å²) in [7, 11) is 1.47. The van der Waals surface area contributed by atoms with Gasteiger partial charge in [-0.2, -0.15) is 4.98 Å². The molecule has 0 saturated carbocycles. The minimum atomic E-state index is -1.79. The SMILES string of the molecule is COc1cc(Oc2nc(OC(C)(C)C(=O)O)c(F)cc2F)cc(-c2cccc(CN)c2)c1. The summed E-state index contributed by atoms with van der Waals surface area (Å²) in [4.78, 5) is 15.0. The number of nitrogens with two attached hydrogens (primary N) is 1. The number of methoxy groups -OCH3 is 1. The Bertz CT molecular complexity index is 1150. The molecular formula is C23H22F2N2O5. The number of carboxylic acid groups (broad SMARTS) is 1. The maximum atomic E-state index is 14.4. The summed E-state index contributed by atoms with van der Waals surface area (Å²) >= 11 is 0. The van der Waals surface area contributed by atoms with Crippen LogP contribution in [-0.4, -0.2) is 28.8 Å². The number of benzene rings is 2. The fourth-order valence-electron chi connectivity index (χ4n) is 2.77. The third-order valence-electron chi connectivity index (χ3n) is 4.56. The maximum absolute atomic E-state index is 14.4. The Morgan fingerprint density at radius 1 is 1.03 bits per heavy atom. The quantitative estimate of drug-likeness (QED) is 0.526. The molecule has 0 amide bonds. The minimum absolute atomic E-state index is 0.166. The zero-order chi connectivity index (χ0) is 23.5. The fraction of sp³-hybridized carbons (Fsp3) is 0.217. The smallest absolute Gasteiger partial charge is 0.347 e. The molecule has 9 heteroatoms. The van der Waals surface area contributed by atoms with Crippen molar-refractivity contribution in [1.82, 2.24) is 4.98 Å². The predicted octanol–water partition coefficient (Wildman–Crippen LogP) is 4.53. The standard InChI is InChI=1S/C23H22F2N2O5/c1-23(2,22(28)29)32-21-19(25)11-18(24)20(27-21)31-17-9-15(8-16(10-17)30-3)14-6-4-5-13(7-14)12-26/h4-11H,12,26H2,1-3H3,(H,28,29). The average Bonchev–Trinajstić information content (AvgIpc) is 2.76. The maximum Gasteiger partial charge on any atom is 0.347 e. The molecule has 3 aromatic rings. The lowest BCUT2D eigenvalue weighted by Gasteiger charge is -2.21. The summed E-state index contributed by atoms with van der Waals surface area (Å²) in [5.41, 5.74) is 6.38. The van der Waals surface area contributed by atoms with E-state index in [-0.39, 0.29) is 5.75 Å². The molecule has 0 aliphatic carbocycles. The molecule has 0 aliphatic heterocycles. The number of rotatable bonds is 8. The van der Waals surface area contributed by atoms with Crippen LogP contribution in [0.15, 0.2) is 48.5 Å². The van der Waals surface area contributed by atoms with E-state index in [0.717, 1.165) is 11.1 Å². The van der Waals surface area contributed by atoms with Gasteiger partial charge in [0.15, 0.2) is 11.6 Å². The lowest BCUT2D eigenvalue weighted by Crippen LogP contribution is -2.38. The van der Waals surface area contributed by atoms with Crippen molar-refractivity contribution in [2.75, 3.05) is 7.11 Å². The summed E-state index contributed by atoms with van der Waals surface area (Å²) in [5.74, 6) is -4.28. The Morgan fingerprint density at radius 3 is 2.38 bits per heavy atom. The fourth-order valence-corrected chi connectivity index (χ4v) is 2.77. The molecule has 3 rings (SSSR count). The molecule has 0 saturated heterocycles. The molecule has 32 heavy (non-hydrogen) atoms. The Hall–Kier alpha value is -3.72. The van der Waals surface area contributed by atoms with Crippen LogP contribution in [0.1, 0.15) is 19.4 Å². The minimum Gasteiger partial charge on any atom is -0.497 e. The number of hydrogen-bond donors (Lipinski definition) is 2. The highest BCUT2D eigenvalue weighted by Gasteiger charge is 2.32. The predicted molar refractivity (Wildman–Crippen MR) is 113 cm³/mol. The molecular weight excluding hydrogens is 422 g/mol. The highest BCUT2D eigenvalue weighted by atomic mass is 19.1. The van der Waals surface area contributed by atoms with E-state index < -0.39 is 35.0 Å². The van der Waals surface area contributed by atoms with Crippen molar-refractivity contribution < 1.29 is 32.9 Å². The van der Waals surface area contributed by atoms with Crippen molar-refractivity contribution in [3.05, 3.63) is 65.7 Å². The van der Waals surface area contributed by atoms with E-state index in [0.29, 0.717) is 23.9 Å². The van der Waals surface area contributed by atoms with Crippen molar-refractivity contribution >= 4 is 5.97 Å². The number of carbonyl (C=O) groups is 1. The average molecular weight is 444 g/mol. The van der Waals surface area contributed by atoms with E-state index in [9.17, 15) is 18.7 Å². The second kappa shape index (κ2) is 9.19. The topological polar surface area (TPSA) is 104 Å². The molecule has 168 valence electrons. The molecule has 3 N–H and O–H groups in total. The van der Waals surface area contributed by atoms with E-state index in [4.69, 9.17) is 19.9 Å². The van der Waals surface area contributed by atoms with Crippen LogP contribution >= 0.6 is 0 Å². The van der Waals surface area contributed by atoms with Gasteiger partial charge in [-0.25, -0.2) is 13.6 Å². The van der Waals surface area contributed by atoms with E-state index >= 15 is 0 Å². The molecule has 0 spiro atoms. The second-order valence-corrected chi connectivity index (χ2v) is 7.38.